The van der Waals surface area contributed by atoms with Gasteiger partial charge in [-0.05, 0) is 27.2 Å². The SMILES string of the molecule is CCNC(=NCc1nnc2n1CCC2)N1CCN(S(=O)(=O)CCOC(C)C)CC1. The molecule has 0 saturated carbocycles. The summed E-state index contributed by atoms with van der Waals surface area (Å²) < 4.78 is 34.2. The third-order valence-electron chi connectivity index (χ3n) is 5.12. The molecule has 1 saturated heterocycles. The van der Waals surface area contributed by atoms with Crippen LogP contribution in [0.25, 0.3) is 0 Å². The molecule has 1 fully saturated rings. The quantitative estimate of drug-likeness (QED) is 0.462. The standard InChI is InChI=1S/C18H33N7O3S/c1-4-19-18(20-14-17-22-21-16-6-5-7-25(16)17)23-8-10-24(11-9-23)29(26,27)13-12-28-15(2)3/h15H,4-14H2,1-3H3,(H,19,20). The molecule has 29 heavy (non-hydrogen) atoms. The van der Waals surface area contributed by atoms with Crippen LogP contribution in [0.5, 0.6) is 0 Å². The molecule has 1 N–H and O–H groups in total. The summed E-state index contributed by atoms with van der Waals surface area (Å²) in [7, 11) is -3.30. The summed E-state index contributed by atoms with van der Waals surface area (Å²) in [6.45, 7) is 10.4. The number of fused-ring (bicyclic) bond motifs is 1. The van der Waals surface area contributed by atoms with Crippen molar-refractivity contribution in [1.82, 2.24) is 29.3 Å². The molecule has 2 aliphatic rings. The molecule has 11 heteroatoms. The van der Waals surface area contributed by atoms with E-state index in [4.69, 9.17) is 9.73 Å². The number of rotatable bonds is 8. The van der Waals surface area contributed by atoms with Crippen LogP contribution in [-0.2, 0) is 34.3 Å². The number of sulfonamides is 1. The van der Waals surface area contributed by atoms with Gasteiger partial charge in [0.1, 0.15) is 12.4 Å². The summed E-state index contributed by atoms with van der Waals surface area (Å²) in [6.07, 6.45) is 2.13. The molecule has 1 aromatic rings. The van der Waals surface area contributed by atoms with Crippen LogP contribution < -0.4 is 5.32 Å². The van der Waals surface area contributed by atoms with Gasteiger partial charge in [-0.15, -0.1) is 10.2 Å². The van der Waals surface area contributed by atoms with Gasteiger partial charge in [0, 0.05) is 45.7 Å². The van der Waals surface area contributed by atoms with E-state index in [1.807, 2.05) is 20.8 Å². The van der Waals surface area contributed by atoms with Crippen LogP contribution in [0, 0.1) is 0 Å². The van der Waals surface area contributed by atoms with Crippen molar-refractivity contribution in [3.05, 3.63) is 11.6 Å². The van der Waals surface area contributed by atoms with Crippen LogP contribution in [0.15, 0.2) is 4.99 Å². The van der Waals surface area contributed by atoms with Gasteiger partial charge in [-0.1, -0.05) is 0 Å². The van der Waals surface area contributed by atoms with Gasteiger partial charge in [-0.25, -0.2) is 13.4 Å². The number of nitrogens with zero attached hydrogens (tertiary/aromatic N) is 6. The minimum absolute atomic E-state index is 0.0251. The molecule has 1 aromatic heterocycles. The summed E-state index contributed by atoms with van der Waals surface area (Å²) in [5, 5.41) is 11.8. The predicted octanol–water partition coefficient (Wildman–Crippen LogP) is 0.0622. The minimum Gasteiger partial charge on any atom is -0.378 e. The third kappa shape index (κ3) is 5.67. The van der Waals surface area contributed by atoms with Crippen LogP contribution >= 0.6 is 0 Å². The Balaban J connectivity index is 1.56. The molecule has 0 bridgehead atoms. The van der Waals surface area contributed by atoms with E-state index in [-0.39, 0.29) is 18.5 Å². The number of hydrogen-bond donors (Lipinski definition) is 1. The van der Waals surface area contributed by atoms with Crippen LogP contribution in [0.4, 0.5) is 0 Å². The van der Waals surface area contributed by atoms with Gasteiger partial charge in [0.15, 0.2) is 11.8 Å². The van der Waals surface area contributed by atoms with Crippen LogP contribution in [0.3, 0.4) is 0 Å². The number of aromatic nitrogens is 3. The summed E-state index contributed by atoms with van der Waals surface area (Å²) in [5.41, 5.74) is 0. The van der Waals surface area contributed by atoms with Crippen LogP contribution in [0.2, 0.25) is 0 Å². The number of hydrogen-bond acceptors (Lipinski definition) is 6. The normalized spacial score (nSPS) is 18.5. The Labute approximate surface area is 173 Å². The molecule has 2 aliphatic heterocycles. The fourth-order valence-electron chi connectivity index (χ4n) is 3.60. The van der Waals surface area contributed by atoms with E-state index >= 15 is 0 Å². The van der Waals surface area contributed by atoms with Crippen molar-refractivity contribution in [3.63, 3.8) is 0 Å². The van der Waals surface area contributed by atoms with E-state index in [1.54, 1.807) is 4.31 Å². The number of guanidine groups is 1. The molecule has 0 unspecified atom stereocenters. The molecule has 3 rings (SSSR count). The van der Waals surface area contributed by atoms with E-state index < -0.39 is 10.0 Å². The Hall–Kier alpha value is -1.72. The summed E-state index contributed by atoms with van der Waals surface area (Å²) in [5.74, 6) is 2.75. The van der Waals surface area contributed by atoms with Gasteiger partial charge in [-0.2, -0.15) is 4.31 Å². The minimum atomic E-state index is -3.30. The van der Waals surface area contributed by atoms with Crippen molar-refractivity contribution >= 4 is 16.0 Å². The fraction of sp³-hybridized carbons (Fsp3) is 0.833. The topological polar surface area (TPSA) is 105 Å². The van der Waals surface area contributed by atoms with Crippen molar-refractivity contribution in [2.75, 3.05) is 45.1 Å². The van der Waals surface area contributed by atoms with E-state index in [2.05, 4.69) is 25.0 Å². The van der Waals surface area contributed by atoms with Crippen molar-refractivity contribution in [1.29, 1.82) is 0 Å². The molecule has 0 radical (unpaired) electrons. The highest BCUT2D eigenvalue weighted by atomic mass is 32.2. The molecular weight excluding hydrogens is 394 g/mol. The summed E-state index contributed by atoms with van der Waals surface area (Å²) in [4.78, 5) is 6.85. The van der Waals surface area contributed by atoms with Gasteiger partial charge in [0.2, 0.25) is 10.0 Å². The Morgan fingerprint density at radius 1 is 1.21 bits per heavy atom. The molecular formula is C18H33N7O3S. The van der Waals surface area contributed by atoms with Crippen molar-refractivity contribution in [2.45, 2.75) is 52.8 Å². The van der Waals surface area contributed by atoms with E-state index in [0.717, 1.165) is 43.5 Å². The predicted molar refractivity (Wildman–Crippen MR) is 111 cm³/mol. The monoisotopic (exact) mass is 427 g/mol. The van der Waals surface area contributed by atoms with E-state index in [9.17, 15) is 8.42 Å². The number of aliphatic imine (C=N–C) groups is 1. The van der Waals surface area contributed by atoms with Crippen LogP contribution in [0.1, 0.15) is 38.8 Å². The first-order chi connectivity index (χ1) is 13.9. The third-order valence-corrected chi connectivity index (χ3v) is 6.95. The zero-order valence-electron chi connectivity index (χ0n) is 17.7. The van der Waals surface area contributed by atoms with Crippen LogP contribution in [-0.4, -0.2) is 89.5 Å². The van der Waals surface area contributed by atoms with Gasteiger partial charge in [0.05, 0.1) is 18.5 Å². The Morgan fingerprint density at radius 3 is 2.66 bits per heavy atom. The van der Waals surface area contributed by atoms with Crippen molar-refractivity contribution in [3.8, 4) is 0 Å². The molecule has 0 aliphatic carbocycles. The largest absolute Gasteiger partial charge is 0.378 e. The zero-order valence-corrected chi connectivity index (χ0v) is 18.5. The first-order valence-electron chi connectivity index (χ1n) is 10.4. The second kappa shape index (κ2) is 9.86. The molecule has 3 heterocycles. The maximum Gasteiger partial charge on any atom is 0.216 e. The van der Waals surface area contributed by atoms with Gasteiger partial charge in [-0.3, -0.25) is 0 Å². The van der Waals surface area contributed by atoms with Gasteiger partial charge < -0.3 is 19.5 Å². The Bertz CT molecular complexity index is 798. The lowest BCUT2D eigenvalue weighted by atomic mass is 10.4. The maximum absolute atomic E-state index is 12.5. The second-order valence-corrected chi connectivity index (χ2v) is 9.67. The summed E-state index contributed by atoms with van der Waals surface area (Å²) >= 11 is 0. The second-order valence-electron chi connectivity index (χ2n) is 7.58. The first-order valence-corrected chi connectivity index (χ1v) is 12.0. The highest BCUT2D eigenvalue weighted by molar-refractivity contribution is 7.89. The van der Waals surface area contributed by atoms with E-state index in [1.165, 1.54) is 0 Å². The number of ether oxygens (including phenoxy) is 1. The molecule has 0 amide bonds. The van der Waals surface area contributed by atoms with Gasteiger partial charge >= 0.3 is 0 Å². The van der Waals surface area contributed by atoms with Crippen molar-refractivity contribution in [2.24, 2.45) is 4.99 Å². The lowest BCUT2D eigenvalue weighted by Gasteiger charge is -2.35. The smallest absolute Gasteiger partial charge is 0.216 e. The first kappa shape index (κ1) is 22.0. The zero-order chi connectivity index (χ0) is 20.9. The van der Waals surface area contributed by atoms with E-state index in [0.29, 0.717) is 32.7 Å². The molecule has 0 atom stereocenters. The van der Waals surface area contributed by atoms with Crippen molar-refractivity contribution < 1.29 is 13.2 Å². The highest BCUT2D eigenvalue weighted by Gasteiger charge is 2.28. The number of nitrogens with one attached hydrogen (secondary N) is 1. The average Bonchev–Trinajstić information content (AvgIpc) is 3.29. The number of aryl methyl sites for hydroxylation is 1. The Morgan fingerprint density at radius 2 is 1.97 bits per heavy atom. The molecule has 164 valence electrons. The molecule has 0 spiro atoms. The highest BCUT2D eigenvalue weighted by Crippen LogP contribution is 2.15. The fourth-order valence-corrected chi connectivity index (χ4v) is 4.88. The average molecular weight is 428 g/mol. The molecule has 0 aromatic carbocycles. The summed E-state index contributed by atoms with van der Waals surface area (Å²) in [6, 6.07) is 0. The van der Waals surface area contributed by atoms with Gasteiger partial charge in [0.25, 0.3) is 0 Å². The molecule has 10 nitrogen and oxygen atoms in total. The number of piperazine rings is 1. The lowest BCUT2D eigenvalue weighted by Crippen LogP contribution is -2.54. The lowest BCUT2D eigenvalue weighted by molar-refractivity contribution is 0.0904. The Kier molecular flexibility index (Phi) is 7.47. The maximum atomic E-state index is 12.5.